The third kappa shape index (κ3) is 3.42. The number of piperidine rings is 1. The average molecular weight is 274 g/mol. The van der Waals surface area contributed by atoms with Gasteiger partial charge in [0.2, 0.25) is 0 Å². The molecule has 112 valence electrons. The Morgan fingerprint density at radius 1 is 1.25 bits per heavy atom. The van der Waals surface area contributed by atoms with Crippen molar-refractivity contribution in [3.05, 3.63) is 34.9 Å². The van der Waals surface area contributed by atoms with E-state index >= 15 is 0 Å². The molecule has 2 atom stereocenters. The first-order chi connectivity index (χ1) is 9.67. The SMILES string of the molecule is CCCC1CCCCN1C(CN)c1ccc(C)c(C)c1. The van der Waals surface area contributed by atoms with Gasteiger partial charge in [-0.2, -0.15) is 0 Å². The fourth-order valence-electron chi connectivity index (χ4n) is 3.51. The summed E-state index contributed by atoms with van der Waals surface area (Å²) < 4.78 is 0. The van der Waals surface area contributed by atoms with Crippen LogP contribution < -0.4 is 5.73 Å². The number of hydrogen-bond acceptors (Lipinski definition) is 2. The van der Waals surface area contributed by atoms with Crippen molar-refractivity contribution >= 4 is 0 Å². The minimum atomic E-state index is 0.395. The topological polar surface area (TPSA) is 29.3 Å². The lowest BCUT2D eigenvalue weighted by Crippen LogP contribution is -2.44. The molecule has 1 fully saturated rings. The third-order valence-corrected chi connectivity index (χ3v) is 4.83. The fourth-order valence-corrected chi connectivity index (χ4v) is 3.51. The van der Waals surface area contributed by atoms with Crippen molar-refractivity contribution in [2.45, 2.75) is 65.0 Å². The van der Waals surface area contributed by atoms with Crippen molar-refractivity contribution in [1.29, 1.82) is 0 Å². The molecule has 2 unspecified atom stereocenters. The van der Waals surface area contributed by atoms with E-state index in [4.69, 9.17) is 5.73 Å². The Bertz CT molecular complexity index is 425. The van der Waals surface area contributed by atoms with Crippen LogP contribution >= 0.6 is 0 Å². The summed E-state index contributed by atoms with van der Waals surface area (Å²) in [4.78, 5) is 2.68. The largest absolute Gasteiger partial charge is 0.329 e. The van der Waals surface area contributed by atoms with Gasteiger partial charge >= 0.3 is 0 Å². The second-order valence-corrected chi connectivity index (χ2v) is 6.27. The fraction of sp³-hybridized carbons (Fsp3) is 0.667. The second kappa shape index (κ2) is 7.24. The summed E-state index contributed by atoms with van der Waals surface area (Å²) in [6.07, 6.45) is 6.62. The molecule has 0 aromatic heterocycles. The van der Waals surface area contributed by atoms with Crippen molar-refractivity contribution in [2.24, 2.45) is 5.73 Å². The summed E-state index contributed by atoms with van der Waals surface area (Å²) in [6.45, 7) is 8.60. The van der Waals surface area contributed by atoms with Gasteiger partial charge in [-0.25, -0.2) is 0 Å². The van der Waals surface area contributed by atoms with Crippen LogP contribution in [0.1, 0.15) is 61.8 Å². The molecule has 0 saturated carbocycles. The summed E-state index contributed by atoms with van der Waals surface area (Å²) in [7, 11) is 0. The van der Waals surface area contributed by atoms with E-state index < -0.39 is 0 Å². The van der Waals surface area contributed by atoms with E-state index in [9.17, 15) is 0 Å². The molecule has 0 aliphatic carbocycles. The molecular weight excluding hydrogens is 244 g/mol. The highest BCUT2D eigenvalue weighted by Gasteiger charge is 2.28. The maximum absolute atomic E-state index is 6.14. The van der Waals surface area contributed by atoms with Crippen molar-refractivity contribution < 1.29 is 0 Å². The van der Waals surface area contributed by atoms with E-state index in [1.54, 1.807) is 0 Å². The lowest BCUT2D eigenvalue weighted by molar-refractivity contribution is 0.0912. The van der Waals surface area contributed by atoms with Crippen molar-refractivity contribution in [3.8, 4) is 0 Å². The Morgan fingerprint density at radius 3 is 2.70 bits per heavy atom. The maximum atomic E-state index is 6.14. The molecule has 0 radical (unpaired) electrons. The van der Waals surface area contributed by atoms with Gasteiger partial charge in [-0.1, -0.05) is 38.0 Å². The quantitative estimate of drug-likeness (QED) is 0.880. The highest BCUT2D eigenvalue weighted by atomic mass is 15.2. The number of nitrogens with two attached hydrogens (primary N) is 1. The molecule has 1 heterocycles. The van der Waals surface area contributed by atoms with Gasteiger partial charge in [0.25, 0.3) is 0 Å². The maximum Gasteiger partial charge on any atom is 0.0473 e. The molecule has 1 aromatic carbocycles. The number of aryl methyl sites for hydroxylation is 2. The molecule has 0 bridgehead atoms. The van der Waals surface area contributed by atoms with Gasteiger partial charge in [-0.3, -0.25) is 4.90 Å². The van der Waals surface area contributed by atoms with Gasteiger partial charge < -0.3 is 5.73 Å². The summed E-state index contributed by atoms with van der Waals surface area (Å²) in [6, 6.07) is 7.98. The minimum absolute atomic E-state index is 0.395. The smallest absolute Gasteiger partial charge is 0.0473 e. The van der Waals surface area contributed by atoms with Crippen LogP contribution in [0.3, 0.4) is 0 Å². The van der Waals surface area contributed by atoms with Crippen molar-refractivity contribution in [3.63, 3.8) is 0 Å². The molecule has 20 heavy (non-hydrogen) atoms. The van der Waals surface area contributed by atoms with Crippen LogP contribution in [0.15, 0.2) is 18.2 Å². The first kappa shape index (κ1) is 15.5. The highest BCUT2D eigenvalue weighted by Crippen LogP contribution is 2.30. The summed E-state index contributed by atoms with van der Waals surface area (Å²) in [5, 5.41) is 0. The molecule has 2 nitrogen and oxygen atoms in total. The molecule has 0 amide bonds. The zero-order chi connectivity index (χ0) is 14.5. The lowest BCUT2D eigenvalue weighted by Gasteiger charge is -2.41. The first-order valence-electron chi connectivity index (χ1n) is 8.20. The normalized spacial score (nSPS) is 21.9. The van der Waals surface area contributed by atoms with E-state index in [0.717, 1.165) is 12.6 Å². The number of rotatable bonds is 5. The van der Waals surface area contributed by atoms with Crippen LogP contribution in [0.4, 0.5) is 0 Å². The van der Waals surface area contributed by atoms with Crippen molar-refractivity contribution in [1.82, 2.24) is 4.90 Å². The van der Waals surface area contributed by atoms with Crippen LogP contribution in [-0.4, -0.2) is 24.0 Å². The molecule has 2 rings (SSSR count). The molecule has 2 heteroatoms. The molecule has 2 N–H and O–H groups in total. The Morgan fingerprint density at radius 2 is 2.05 bits per heavy atom. The lowest BCUT2D eigenvalue weighted by atomic mass is 9.92. The predicted molar refractivity (Wildman–Crippen MR) is 87.0 cm³/mol. The van der Waals surface area contributed by atoms with E-state index in [1.807, 2.05) is 0 Å². The van der Waals surface area contributed by atoms with Crippen LogP contribution in [0, 0.1) is 13.8 Å². The Kier molecular flexibility index (Phi) is 5.62. The molecule has 1 aliphatic heterocycles. The van der Waals surface area contributed by atoms with Gasteiger partial charge in [0.1, 0.15) is 0 Å². The van der Waals surface area contributed by atoms with E-state index in [1.165, 1.54) is 55.3 Å². The average Bonchev–Trinajstić information content (AvgIpc) is 2.45. The van der Waals surface area contributed by atoms with Gasteiger partial charge in [-0.05, 0) is 56.3 Å². The Labute approximate surface area is 124 Å². The number of likely N-dealkylation sites (tertiary alicyclic amines) is 1. The van der Waals surface area contributed by atoms with Gasteiger partial charge in [-0.15, -0.1) is 0 Å². The molecule has 1 aromatic rings. The number of hydrogen-bond donors (Lipinski definition) is 1. The van der Waals surface area contributed by atoms with Crippen LogP contribution in [0.25, 0.3) is 0 Å². The van der Waals surface area contributed by atoms with Gasteiger partial charge in [0, 0.05) is 18.6 Å². The molecule has 1 aliphatic rings. The Hall–Kier alpha value is -0.860. The predicted octanol–water partition coefficient (Wildman–Crippen LogP) is 3.96. The zero-order valence-electron chi connectivity index (χ0n) is 13.4. The highest BCUT2D eigenvalue weighted by molar-refractivity contribution is 5.32. The summed E-state index contributed by atoms with van der Waals surface area (Å²) >= 11 is 0. The van der Waals surface area contributed by atoms with E-state index in [-0.39, 0.29) is 0 Å². The number of nitrogens with zero attached hydrogens (tertiary/aromatic N) is 1. The van der Waals surface area contributed by atoms with Crippen LogP contribution in [-0.2, 0) is 0 Å². The monoisotopic (exact) mass is 274 g/mol. The van der Waals surface area contributed by atoms with Crippen molar-refractivity contribution in [2.75, 3.05) is 13.1 Å². The van der Waals surface area contributed by atoms with Gasteiger partial charge in [0.15, 0.2) is 0 Å². The summed E-state index contributed by atoms with van der Waals surface area (Å²) in [5.41, 5.74) is 10.3. The molecule has 1 saturated heterocycles. The third-order valence-electron chi connectivity index (χ3n) is 4.83. The molecular formula is C18H30N2. The van der Waals surface area contributed by atoms with Crippen LogP contribution in [0.5, 0.6) is 0 Å². The molecule has 0 spiro atoms. The number of benzene rings is 1. The second-order valence-electron chi connectivity index (χ2n) is 6.27. The van der Waals surface area contributed by atoms with Crippen LogP contribution in [0.2, 0.25) is 0 Å². The summed E-state index contributed by atoms with van der Waals surface area (Å²) in [5.74, 6) is 0. The minimum Gasteiger partial charge on any atom is -0.329 e. The zero-order valence-corrected chi connectivity index (χ0v) is 13.4. The van der Waals surface area contributed by atoms with Gasteiger partial charge in [0.05, 0.1) is 0 Å². The first-order valence-corrected chi connectivity index (χ1v) is 8.20. The van der Waals surface area contributed by atoms with E-state index in [2.05, 4.69) is 43.9 Å². The van der Waals surface area contributed by atoms with E-state index in [0.29, 0.717) is 6.04 Å². The standard InChI is InChI=1S/C18H30N2/c1-4-7-17-8-5-6-11-20(17)18(13-19)16-10-9-14(2)15(3)12-16/h9-10,12,17-18H,4-8,11,13,19H2,1-3H3. The Balaban J connectivity index is 2.22.